The van der Waals surface area contributed by atoms with Crippen LogP contribution < -0.4 is 10.6 Å². The maximum Gasteiger partial charge on any atom is 0.239 e. The summed E-state index contributed by atoms with van der Waals surface area (Å²) in [6.07, 6.45) is 1.03. The summed E-state index contributed by atoms with van der Waals surface area (Å²) < 4.78 is 0. The number of hydrogen-bond acceptors (Lipinski definition) is 3. The van der Waals surface area contributed by atoms with Crippen molar-refractivity contribution >= 4 is 5.91 Å². The van der Waals surface area contributed by atoms with Crippen LogP contribution in [0.1, 0.15) is 40.5 Å². The van der Waals surface area contributed by atoms with Gasteiger partial charge in [-0.3, -0.25) is 4.79 Å². The van der Waals surface area contributed by atoms with Gasteiger partial charge >= 0.3 is 0 Å². The van der Waals surface area contributed by atoms with Gasteiger partial charge in [0.15, 0.2) is 0 Å². The summed E-state index contributed by atoms with van der Waals surface area (Å²) >= 11 is 0. The molecule has 0 saturated heterocycles. The Morgan fingerprint density at radius 3 is 2.47 bits per heavy atom. The minimum absolute atomic E-state index is 0.0207. The fraction of sp³-hybridized carbons (Fsp3) is 0.909. The van der Waals surface area contributed by atoms with Gasteiger partial charge in [-0.2, -0.15) is 0 Å². The van der Waals surface area contributed by atoms with Gasteiger partial charge in [0.25, 0.3) is 0 Å². The van der Waals surface area contributed by atoms with Crippen LogP contribution in [0.2, 0.25) is 0 Å². The van der Waals surface area contributed by atoms with Crippen LogP contribution in [0.3, 0.4) is 0 Å². The van der Waals surface area contributed by atoms with E-state index in [1.165, 1.54) is 0 Å². The Bertz CT molecular complexity index is 193. The van der Waals surface area contributed by atoms with Crippen LogP contribution in [0.5, 0.6) is 0 Å². The van der Waals surface area contributed by atoms with Crippen molar-refractivity contribution in [1.29, 1.82) is 0 Å². The minimum atomic E-state index is -0.536. The lowest BCUT2D eigenvalue weighted by molar-refractivity contribution is -0.126. The Balaban J connectivity index is 3.83. The summed E-state index contributed by atoms with van der Waals surface area (Å²) in [5, 5.41) is 15.2. The molecule has 3 N–H and O–H groups in total. The molecule has 0 spiro atoms. The molecule has 90 valence electrons. The molecule has 0 fully saturated rings. The molecule has 1 atom stereocenters. The molecule has 15 heavy (non-hydrogen) atoms. The first kappa shape index (κ1) is 14.4. The standard InChI is InChI=1S/C11H24N2O2/c1-5-9(14)7-8-12-10(15)11(3,4)13-6-2/h9,13-14H,5-8H2,1-4H3,(H,12,15). The maximum atomic E-state index is 11.7. The lowest BCUT2D eigenvalue weighted by atomic mass is 10.0. The molecule has 4 heteroatoms. The van der Waals surface area contributed by atoms with Gasteiger partial charge in [0, 0.05) is 6.54 Å². The fourth-order valence-corrected chi connectivity index (χ4v) is 1.30. The van der Waals surface area contributed by atoms with Crippen molar-refractivity contribution < 1.29 is 9.90 Å². The Morgan fingerprint density at radius 1 is 1.40 bits per heavy atom. The highest BCUT2D eigenvalue weighted by Crippen LogP contribution is 2.02. The molecule has 1 amide bonds. The van der Waals surface area contributed by atoms with E-state index in [1.807, 2.05) is 27.7 Å². The second-order valence-corrected chi connectivity index (χ2v) is 4.26. The van der Waals surface area contributed by atoms with Crippen LogP contribution >= 0.6 is 0 Å². The van der Waals surface area contributed by atoms with E-state index >= 15 is 0 Å². The molecule has 4 nitrogen and oxygen atoms in total. The molecule has 1 unspecified atom stereocenters. The fourth-order valence-electron chi connectivity index (χ4n) is 1.30. The minimum Gasteiger partial charge on any atom is -0.393 e. The predicted molar refractivity (Wildman–Crippen MR) is 61.7 cm³/mol. The summed E-state index contributed by atoms with van der Waals surface area (Å²) in [6, 6.07) is 0. The van der Waals surface area contributed by atoms with Gasteiger partial charge in [-0.1, -0.05) is 13.8 Å². The van der Waals surface area contributed by atoms with E-state index in [2.05, 4.69) is 10.6 Å². The third-order valence-electron chi connectivity index (χ3n) is 2.42. The van der Waals surface area contributed by atoms with E-state index in [-0.39, 0.29) is 12.0 Å². The van der Waals surface area contributed by atoms with Gasteiger partial charge in [-0.15, -0.1) is 0 Å². The predicted octanol–water partition coefficient (Wildman–Crippen LogP) is 0.652. The van der Waals surface area contributed by atoms with Gasteiger partial charge in [0.2, 0.25) is 5.91 Å². The van der Waals surface area contributed by atoms with Gasteiger partial charge < -0.3 is 15.7 Å². The third-order valence-corrected chi connectivity index (χ3v) is 2.42. The van der Waals surface area contributed by atoms with Crippen LogP contribution in [-0.2, 0) is 4.79 Å². The summed E-state index contributed by atoms with van der Waals surface area (Å²) in [5.74, 6) is -0.0207. The van der Waals surface area contributed by atoms with Crippen molar-refractivity contribution in [3.8, 4) is 0 Å². The summed E-state index contributed by atoms with van der Waals surface area (Å²) in [7, 11) is 0. The Morgan fingerprint density at radius 2 is 2.00 bits per heavy atom. The molecule has 0 aromatic rings. The van der Waals surface area contributed by atoms with Crippen LogP contribution in [0.25, 0.3) is 0 Å². The first-order valence-electron chi connectivity index (χ1n) is 5.65. The SMILES string of the molecule is CCNC(C)(C)C(=O)NCCC(O)CC. The van der Waals surface area contributed by atoms with Crippen molar-refractivity contribution in [3.05, 3.63) is 0 Å². The largest absolute Gasteiger partial charge is 0.393 e. The molecular formula is C11H24N2O2. The first-order chi connectivity index (χ1) is 6.94. The quantitative estimate of drug-likeness (QED) is 0.585. The number of aliphatic hydroxyl groups is 1. The first-order valence-corrected chi connectivity index (χ1v) is 5.65. The number of hydrogen-bond donors (Lipinski definition) is 3. The highest BCUT2D eigenvalue weighted by atomic mass is 16.3. The zero-order valence-corrected chi connectivity index (χ0v) is 10.3. The maximum absolute atomic E-state index is 11.7. The summed E-state index contributed by atoms with van der Waals surface area (Å²) in [5.41, 5.74) is -0.536. The van der Waals surface area contributed by atoms with E-state index in [0.717, 1.165) is 13.0 Å². The Kier molecular flexibility index (Phi) is 6.52. The number of likely N-dealkylation sites (N-methyl/N-ethyl adjacent to an activating group) is 1. The van der Waals surface area contributed by atoms with Crippen LogP contribution in [0.15, 0.2) is 0 Å². The van der Waals surface area contributed by atoms with Gasteiger partial charge in [0.05, 0.1) is 11.6 Å². The van der Waals surface area contributed by atoms with Gasteiger partial charge in [-0.05, 0) is 33.2 Å². The molecule has 0 aliphatic heterocycles. The van der Waals surface area contributed by atoms with E-state index in [1.54, 1.807) is 0 Å². The topological polar surface area (TPSA) is 61.4 Å². The number of amides is 1. The number of carbonyl (C=O) groups is 1. The molecule has 0 heterocycles. The van der Waals surface area contributed by atoms with Crippen molar-refractivity contribution in [3.63, 3.8) is 0 Å². The normalized spacial score (nSPS) is 13.7. The molecular weight excluding hydrogens is 192 g/mol. The van der Waals surface area contributed by atoms with Crippen molar-refractivity contribution in [2.24, 2.45) is 0 Å². The number of aliphatic hydroxyl groups excluding tert-OH is 1. The second kappa shape index (κ2) is 6.80. The molecule has 0 bridgehead atoms. The van der Waals surface area contributed by atoms with Gasteiger partial charge in [0.1, 0.15) is 0 Å². The zero-order valence-electron chi connectivity index (χ0n) is 10.3. The molecule has 0 radical (unpaired) electrons. The number of rotatable bonds is 7. The zero-order chi connectivity index (χ0) is 11.9. The summed E-state index contributed by atoms with van der Waals surface area (Å²) in [6.45, 7) is 8.88. The number of nitrogens with one attached hydrogen (secondary N) is 2. The van der Waals surface area contributed by atoms with E-state index in [9.17, 15) is 9.90 Å². The van der Waals surface area contributed by atoms with Crippen LogP contribution in [-0.4, -0.2) is 35.7 Å². The van der Waals surface area contributed by atoms with E-state index in [4.69, 9.17) is 0 Å². The second-order valence-electron chi connectivity index (χ2n) is 4.26. The van der Waals surface area contributed by atoms with Crippen LogP contribution in [0.4, 0.5) is 0 Å². The third kappa shape index (κ3) is 5.74. The highest BCUT2D eigenvalue weighted by molar-refractivity contribution is 5.85. The Hall–Kier alpha value is -0.610. The van der Waals surface area contributed by atoms with E-state index < -0.39 is 5.54 Å². The lowest BCUT2D eigenvalue weighted by Gasteiger charge is -2.24. The molecule has 0 aromatic heterocycles. The summed E-state index contributed by atoms with van der Waals surface area (Å²) in [4.78, 5) is 11.7. The van der Waals surface area contributed by atoms with Crippen molar-refractivity contribution in [1.82, 2.24) is 10.6 Å². The molecule has 0 rings (SSSR count). The average Bonchev–Trinajstić information content (AvgIpc) is 2.17. The smallest absolute Gasteiger partial charge is 0.239 e. The molecule has 0 aliphatic rings. The Labute approximate surface area is 92.4 Å². The van der Waals surface area contributed by atoms with Crippen molar-refractivity contribution in [2.45, 2.75) is 52.2 Å². The van der Waals surface area contributed by atoms with Crippen LogP contribution in [0, 0.1) is 0 Å². The molecule has 0 aliphatic carbocycles. The van der Waals surface area contributed by atoms with E-state index in [0.29, 0.717) is 13.0 Å². The molecule has 0 saturated carbocycles. The van der Waals surface area contributed by atoms with Gasteiger partial charge in [-0.25, -0.2) is 0 Å². The monoisotopic (exact) mass is 216 g/mol. The van der Waals surface area contributed by atoms with Crippen molar-refractivity contribution in [2.75, 3.05) is 13.1 Å². The molecule has 0 aromatic carbocycles. The number of carbonyl (C=O) groups excluding carboxylic acids is 1. The highest BCUT2D eigenvalue weighted by Gasteiger charge is 2.25. The lowest BCUT2D eigenvalue weighted by Crippen LogP contribution is -2.52. The average molecular weight is 216 g/mol.